The van der Waals surface area contributed by atoms with Crippen molar-refractivity contribution in [3.8, 4) is 11.5 Å². The number of hydrogen-bond acceptors (Lipinski definition) is 6. The van der Waals surface area contributed by atoms with Crippen molar-refractivity contribution in [2.75, 3.05) is 12.0 Å². The Balaban J connectivity index is 1.51. The molecule has 0 unspecified atom stereocenters. The molecule has 1 N–H and O–H groups in total. The van der Waals surface area contributed by atoms with Gasteiger partial charge in [0, 0.05) is 26.2 Å². The molecule has 4 atom stereocenters. The van der Waals surface area contributed by atoms with Crippen LogP contribution in [0.15, 0.2) is 70.8 Å². The topological polar surface area (TPSA) is 101 Å². The van der Waals surface area contributed by atoms with Crippen molar-refractivity contribution in [2.24, 2.45) is 17.8 Å². The second-order valence-corrected chi connectivity index (χ2v) is 12.7. The lowest BCUT2D eigenvalue weighted by Crippen LogP contribution is -2.39. The standard InChI is InChI=1S/C30H23I2NO6/c1-13-9-22(34)20-12-19-17(24(26(20)27(13)35)14-10-21(32)28(36)23(11-14)39-2)7-8-18-25(19)30(38)33(29(18)37)16-5-3-15(31)4-6-16/h3-7,9-11,18-19,24-25,36H,8,12H2,1-2H3/t18-,19+,24-,25-/m0/s1. The summed E-state index contributed by atoms with van der Waals surface area (Å²) in [5.41, 5.74) is 3.27. The molecule has 1 aliphatic heterocycles. The van der Waals surface area contributed by atoms with Gasteiger partial charge in [0.1, 0.15) is 0 Å². The van der Waals surface area contributed by atoms with E-state index in [0.717, 1.165) is 9.14 Å². The van der Waals surface area contributed by atoms with Gasteiger partial charge < -0.3 is 9.84 Å². The number of phenolic OH excluding ortho intramolecular Hbond substituents is 1. The zero-order chi connectivity index (χ0) is 27.7. The summed E-state index contributed by atoms with van der Waals surface area (Å²) in [6.45, 7) is 1.64. The number of nitrogens with zero attached hydrogens (tertiary/aromatic N) is 1. The molecule has 6 rings (SSSR count). The number of carbonyl (C=O) groups is 4. The third kappa shape index (κ3) is 4.02. The molecule has 1 heterocycles. The highest BCUT2D eigenvalue weighted by Crippen LogP contribution is 2.56. The fourth-order valence-electron chi connectivity index (χ4n) is 6.50. The average molecular weight is 747 g/mol. The highest BCUT2D eigenvalue weighted by Gasteiger charge is 2.56. The van der Waals surface area contributed by atoms with Crippen LogP contribution < -0.4 is 9.64 Å². The molecule has 0 bridgehead atoms. The van der Waals surface area contributed by atoms with Gasteiger partial charge in [-0.15, -0.1) is 0 Å². The average Bonchev–Trinajstić information content (AvgIpc) is 3.18. The van der Waals surface area contributed by atoms with Crippen LogP contribution in [-0.2, 0) is 19.2 Å². The van der Waals surface area contributed by atoms with Crippen molar-refractivity contribution in [2.45, 2.75) is 25.7 Å². The lowest BCUT2D eigenvalue weighted by Gasteiger charge is -2.42. The molecule has 0 aromatic heterocycles. The van der Waals surface area contributed by atoms with Crippen molar-refractivity contribution >= 4 is 74.2 Å². The normalized spacial score (nSPS) is 26.2. The first kappa shape index (κ1) is 26.4. The number of amides is 2. The van der Waals surface area contributed by atoms with Gasteiger partial charge in [-0.05, 0) is 119 Å². The molecule has 0 radical (unpaired) electrons. The summed E-state index contributed by atoms with van der Waals surface area (Å²) in [5, 5.41) is 10.5. The summed E-state index contributed by atoms with van der Waals surface area (Å²) in [7, 11) is 1.46. The van der Waals surface area contributed by atoms with E-state index in [-0.39, 0.29) is 41.3 Å². The minimum Gasteiger partial charge on any atom is -0.504 e. The number of ketones is 2. The fourth-order valence-corrected chi connectivity index (χ4v) is 7.49. The third-order valence-electron chi connectivity index (χ3n) is 8.25. The van der Waals surface area contributed by atoms with Crippen LogP contribution in [0.25, 0.3) is 0 Å². The van der Waals surface area contributed by atoms with Crippen LogP contribution in [0.2, 0.25) is 0 Å². The molecule has 2 aromatic carbocycles. The molecule has 4 aliphatic rings. The van der Waals surface area contributed by atoms with Crippen LogP contribution in [0.5, 0.6) is 11.5 Å². The van der Waals surface area contributed by atoms with Crippen molar-refractivity contribution in [3.05, 3.63) is 83.5 Å². The van der Waals surface area contributed by atoms with Gasteiger partial charge in [0.15, 0.2) is 23.1 Å². The van der Waals surface area contributed by atoms with Crippen molar-refractivity contribution in [3.63, 3.8) is 0 Å². The van der Waals surface area contributed by atoms with Crippen LogP contribution in [0, 0.1) is 24.9 Å². The number of Topliss-reactive ketones (excluding diaryl/α,β-unsaturated/α-hetero) is 1. The van der Waals surface area contributed by atoms with Crippen LogP contribution in [0.4, 0.5) is 5.69 Å². The maximum Gasteiger partial charge on any atom is 0.238 e. The third-order valence-corrected chi connectivity index (χ3v) is 9.80. The van der Waals surface area contributed by atoms with Gasteiger partial charge >= 0.3 is 0 Å². The molecule has 9 heteroatoms. The Morgan fingerprint density at radius 1 is 1.00 bits per heavy atom. The Bertz CT molecular complexity index is 1590. The molecule has 2 amide bonds. The number of fused-ring (bicyclic) bond motifs is 3. The first-order valence-electron chi connectivity index (χ1n) is 12.5. The predicted octanol–water partition coefficient (Wildman–Crippen LogP) is 5.24. The van der Waals surface area contributed by atoms with E-state index in [9.17, 15) is 24.3 Å². The van der Waals surface area contributed by atoms with E-state index in [1.807, 2.05) is 40.8 Å². The molecule has 7 nitrogen and oxygen atoms in total. The minimum absolute atomic E-state index is 0.00652. The Morgan fingerprint density at radius 2 is 1.72 bits per heavy atom. The molecule has 2 aromatic rings. The summed E-state index contributed by atoms with van der Waals surface area (Å²) in [6.07, 6.45) is 3.94. The van der Waals surface area contributed by atoms with E-state index in [0.29, 0.717) is 38.0 Å². The van der Waals surface area contributed by atoms with Gasteiger partial charge in [-0.3, -0.25) is 24.1 Å². The minimum atomic E-state index is -0.638. The Morgan fingerprint density at radius 3 is 2.41 bits per heavy atom. The molecule has 198 valence electrons. The van der Waals surface area contributed by atoms with E-state index in [1.165, 1.54) is 18.1 Å². The summed E-state index contributed by atoms with van der Waals surface area (Å²) in [4.78, 5) is 55.6. The van der Waals surface area contributed by atoms with Crippen molar-refractivity contribution in [1.82, 2.24) is 0 Å². The van der Waals surface area contributed by atoms with E-state index in [1.54, 1.807) is 31.2 Å². The molecule has 0 spiro atoms. The number of phenols is 1. The number of benzene rings is 2. The second-order valence-electron chi connectivity index (χ2n) is 10.3. The Kier molecular flexibility index (Phi) is 6.56. The fraction of sp³-hybridized carbons (Fsp3) is 0.267. The number of halogens is 2. The molecule has 1 saturated heterocycles. The SMILES string of the molecule is COc1cc([C@H]2C3=CC[C@@H]4C(=O)N(c5ccc(I)cc5)C(=O)[C@@H]4[C@@H]3CC3=C2C(=O)C(C)=CC3=O)cc(I)c1O. The number of allylic oxidation sites excluding steroid dienone is 6. The lowest BCUT2D eigenvalue weighted by atomic mass is 9.59. The maximum absolute atomic E-state index is 13.9. The molecule has 0 saturated carbocycles. The van der Waals surface area contributed by atoms with Gasteiger partial charge in [-0.2, -0.15) is 0 Å². The number of aromatic hydroxyl groups is 1. The zero-order valence-electron chi connectivity index (χ0n) is 21.0. The van der Waals surface area contributed by atoms with Crippen molar-refractivity contribution < 1.29 is 29.0 Å². The number of imide groups is 1. The second kappa shape index (κ2) is 9.69. The highest BCUT2D eigenvalue weighted by atomic mass is 127. The first-order valence-corrected chi connectivity index (χ1v) is 14.7. The van der Waals surface area contributed by atoms with Gasteiger partial charge in [0.05, 0.1) is 28.2 Å². The Hall–Kier alpha value is -2.80. The number of hydrogen-bond donors (Lipinski definition) is 1. The predicted molar refractivity (Wildman–Crippen MR) is 160 cm³/mol. The Labute approximate surface area is 252 Å². The monoisotopic (exact) mass is 747 g/mol. The molecule has 39 heavy (non-hydrogen) atoms. The zero-order valence-corrected chi connectivity index (χ0v) is 25.3. The van der Waals surface area contributed by atoms with E-state index < -0.39 is 23.7 Å². The van der Waals surface area contributed by atoms with Crippen LogP contribution in [0.3, 0.4) is 0 Å². The molecule has 1 fully saturated rings. The molecule has 3 aliphatic carbocycles. The van der Waals surface area contributed by atoms with E-state index >= 15 is 0 Å². The van der Waals surface area contributed by atoms with Gasteiger partial charge in [-0.25, -0.2) is 0 Å². The summed E-state index contributed by atoms with van der Waals surface area (Å²) < 4.78 is 6.95. The van der Waals surface area contributed by atoms with Gasteiger partial charge in [0.2, 0.25) is 11.8 Å². The smallest absolute Gasteiger partial charge is 0.238 e. The van der Waals surface area contributed by atoms with Crippen LogP contribution in [-0.4, -0.2) is 35.6 Å². The first-order chi connectivity index (χ1) is 18.6. The summed E-state index contributed by atoms with van der Waals surface area (Å²) in [5.74, 6) is -2.88. The quantitative estimate of drug-likeness (QED) is 0.200. The lowest BCUT2D eigenvalue weighted by molar-refractivity contribution is -0.123. The van der Waals surface area contributed by atoms with Gasteiger partial charge in [-0.1, -0.05) is 11.6 Å². The van der Waals surface area contributed by atoms with Gasteiger partial charge in [0.25, 0.3) is 0 Å². The summed E-state index contributed by atoms with van der Waals surface area (Å²) in [6, 6.07) is 10.7. The van der Waals surface area contributed by atoms with E-state index in [4.69, 9.17) is 4.74 Å². The number of carbonyl (C=O) groups excluding carboxylic acids is 4. The maximum atomic E-state index is 13.9. The number of rotatable bonds is 3. The number of ether oxygens (including phenoxy) is 1. The molecular weight excluding hydrogens is 724 g/mol. The summed E-state index contributed by atoms with van der Waals surface area (Å²) >= 11 is 4.19. The van der Waals surface area contributed by atoms with E-state index in [2.05, 4.69) is 22.6 Å². The number of methoxy groups -OCH3 is 1. The van der Waals surface area contributed by atoms with Crippen molar-refractivity contribution in [1.29, 1.82) is 0 Å². The van der Waals surface area contributed by atoms with Crippen LogP contribution >= 0.6 is 45.2 Å². The molecular formula is C30H23I2NO6. The highest BCUT2D eigenvalue weighted by molar-refractivity contribution is 14.1. The largest absolute Gasteiger partial charge is 0.504 e. The van der Waals surface area contributed by atoms with Crippen LogP contribution in [0.1, 0.15) is 31.2 Å². The number of anilines is 1.